The summed E-state index contributed by atoms with van der Waals surface area (Å²) in [5, 5.41) is 12.7. The minimum Gasteiger partial charge on any atom is -0.460 e. The molecule has 1 N–H and O–H groups in total. The van der Waals surface area contributed by atoms with E-state index in [0.717, 1.165) is 29.2 Å². The number of para-hydroxylation sites is 1. The predicted molar refractivity (Wildman–Crippen MR) is 106 cm³/mol. The number of furan rings is 1. The van der Waals surface area contributed by atoms with E-state index in [1.807, 2.05) is 43.3 Å². The Balaban J connectivity index is 1.67. The number of nitrogens with zero attached hydrogens (tertiary/aromatic N) is 3. The molecule has 140 valence electrons. The van der Waals surface area contributed by atoms with Crippen molar-refractivity contribution in [2.24, 2.45) is 0 Å². The van der Waals surface area contributed by atoms with Crippen LogP contribution in [0, 0.1) is 6.92 Å². The van der Waals surface area contributed by atoms with Gasteiger partial charge in [-0.05, 0) is 31.5 Å². The fourth-order valence-corrected chi connectivity index (χ4v) is 3.72. The van der Waals surface area contributed by atoms with E-state index < -0.39 is 6.23 Å². The molecule has 4 rings (SSSR count). The molecule has 1 aromatic carbocycles. The van der Waals surface area contributed by atoms with Crippen LogP contribution in [-0.4, -0.2) is 20.9 Å². The quantitative estimate of drug-likeness (QED) is 0.462. The maximum Gasteiger partial charge on any atom is 0.247 e. The van der Waals surface area contributed by atoms with E-state index in [4.69, 9.17) is 9.15 Å². The van der Waals surface area contributed by atoms with E-state index in [0.29, 0.717) is 22.5 Å². The Morgan fingerprint density at radius 1 is 1.11 bits per heavy atom. The van der Waals surface area contributed by atoms with Gasteiger partial charge in [0.1, 0.15) is 5.76 Å². The zero-order valence-corrected chi connectivity index (χ0v) is 16.3. The van der Waals surface area contributed by atoms with Crippen LogP contribution in [0.4, 0.5) is 5.69 Å². The Bertz CT molecular complexity index is 928. The van der Waals surface area contributed by atoms with Crippen LogP contribution in [0.5, 0.6) is 5.88 Å². The van der Waals surface area contributed by atoms with E-state index in [1.54, 1.807) is 11.8 Å². The molecular weight excluding hydrogens is 360 g/mol. The minimum atomic E-state index is -0.476. The van der Waals surface area contributed by atoms with E-state index in [2.05, 4.69) is 27.4 Å². The number of hydrogen-bond acceptors (Lipinski definition) is 7. The van der Waals surface area contributed by atoms with Crippen LogP contribution < -0.4 is 10.1 Å². The second kappa shape index (κ2) is 8.00. The van der Waals surface area contributed by atoms with Gasteiger partial charge in [-0.1, -0.05) is 49.7 Å². The first kappa shape index (κ1) is 17.9. The van der Waals surface area contributed by atoms with Gasteiger partial charge >= 0.3 is 0 Å². The van der Waals surface area contributed by atoms with Crippen molar-refractivity contribution >= 4 is 17.4 Å². The highest BCUT2D eigenvalue weighted by atomic mass is 32.2. The summed E-state index contributed by atoms with van der Waals surface area (Å²) >= 11 is 1.61. The van der Waals surface area contributed by atoms with Crippen LogP contribution in [0.1, 0.15) is 43.9 Å². The predicted octanol–water partition coefficient (Wildman–Crippen LogP) is 5.23. The van der Waals surface area contributed by atoms with Crippen molar-refractivity contribution < 1.29 is 9.15 Å². The third kappa shape index (κ3) is 3.93. The van der Waals surface area contributed by atoms with Crippen molar-refractivity contribution in [3.05, 3.63) is 47.9 Å². The molecule has 3 aromatic rings. The average Bonchev–Trinajstić information content (AvgIpc) is 3.04. The second-order valence-electron chi connectivity index (χ2n) is 6.44. The number of anilines is 1. The summed E-state index contributed by atoms with van der Waals surface area (Å²) < 4.78 is 11.9. The van der Waals surface area contributed by atoms with Crippen molar-refractivity contribution in [1.29, 1.82) is 0 Å². The number of unbranched alkanes of at least 4 members (excludes halogenated alkanes) is 2. The first-order valence-electron chi connectivity index (χ1n) is 9.21. The summed E-state index contributed by atoms with van der Waals surface area (Å²) in [6, 6.07) is 11.8. The van der Waals surface area contributed by atoms with Crippen molar-refractivity contribution in [1.82, 2.24) is 15.2 Å². The lowest BCUT2D eigenvalue weighted by Gasteiger charge is -2.16. The van der Waals surface area contributed by atoms with Crippen LogP contribution in [0.2, 0.25) is 0 Å². The van der Waals surface area contributed by atoms with E-state index in [1.165, 1.54) is 12.8 Å². The number of hydrogen-bond donors (Lipinski definition) is 1. The van der Waals surface area contributed by atoms with Crippen molar-refractivity contribution in [3.63, 3.8) is 0 Å². The first-order chi connectivity index (χ1) is 13.2. The molecule has 0 amide bonds. The normalized spacial score (nSPS) is 15.3. The molecule has 0 spiro atoms. The maximum absolute atomic E-state index is 6.18. The minimum absolute atomic E-state index is 0.472. The second-order valence-corrected chi connectivity index (χ2v) is 7.50. The van der Waals surface area contributed by atoms with Crippen LogP contribution in [0.3, 0.4) is 0 Å². The van der Waals surface area contributed by atoms with Gasteiger partial charge in [-0.3, -0.25) is 0 Å². The summed E-state index contributed by atoms with van der Waals surface area (Å²) in [4.78, 5) is 4.64. The molecular formula is C20H22N4O2S. The molecule has 0 radical (unpaired) electrons. The molecule has 0 saturated heterocycles. The molecule has 1 aliphatic heterocycles. The topological polar surface area (TPSA) is 73.1 Å². The molecule has 0 fully saturated rings. The van der Waals surface area contributed by atoms with Crippen LogP contribution in [0.15, 0.2) is 46.0 Å². The Morgan fingerprint density at radius 2 is 2.00 bits per heavy atom. The summed E-state index contributed by atoms with van der Waals surface area (Å²) in [7, 11) is 0. The molecule has 6 nitrogen and oxygen atoms in total. The zero-order chi connectivity index (χ0) is 18.6. The molecule has 0 bridgehead atoms. The summed E-state index contributed by atoms with van der Waals surface area (Å²) in [6.45, 7) is 4.11. The van der Waals surface area contributed by atoms with Crippen LogP contribution >= 0.6 is 11.8 Å². The van der Waals surface area contributed by atoms with Gasteiger partial charge in [0, 0.05) is 17.0 Å². The van der Waals surface area contributed by atoms with Gasteiger partial charge in [0.15, 0.2) is 11.5 Å². The Morgan fingerprint density at radius 3 is 2.81 bits per heavy atom. The number of fused-ring (bicyclic) bond motifs is 3. The number of nitrogens with one attached hydrogen (secondary N) is 1. The highest BCUT2D eigenvalue weighted by Gasteiger charge is 2.27. The summed E-state index contributed by atoms with van der Waals surface area (Å²) in [5.41, 5.74) is 2.47. The number of benzene rings is 1. The van der Waals surface area contributed by atoms with Crippen molar-refractivity contribution in [3.8, 4) is 17.1 Å². The SMILES string of the molecule is CCCCCSc1nnc2c(n1)O[C@H](c1ccc(C)o1)Nc1ccccc1-2. The lowest BCUT2D eigenvalue weighted by Crippen LogP contribution is -2.16. The fourth-order valence-electron chi connectivity index (χ4n) is 2.95. The molecule has 2 aromatic heterocycles. The third-order valence-corrected chi connectivity index (χ3v) is 5.26. The van der Waals surface area contributed by atoms with Crippen molar-refractivity contribution in [2.45, 2.75) is 44.5 Å². The lowest BCUT2D eigenvalue weighted by atomic mass is 10.1. The average molecular weight is 382 g/mol. The number of aromatic nitrogens is 3. The largest absolute Gasteiger partial charge is 0.460 e. The summed E-state index contributed by atoms with van der Waals surface area (Å²) in [6.07, 6.45) is 3.07. The molecule has 1 aliphatic rings. The zero-order valence-electron chi connectivity index (χ0n) is 15.4. The maximum atomic E-state index is 6.18. The van der Waals surface area contributed by atoms with Gasteiger partial charge in [-0.15, -0.1) is 10.2 Å². The van der Waals surface area contributed by atoms with E-state index in [-0.39, 0.29) is 0 Å². The lowest BCUT2D eigenvalue weighted by molar-refractivity contribution is 0.194. The number of thioether (sulfide) groups is 1. The molecule has 3 heterocycles. The van der Waals surface area contributed by atoms with Gasteiger partial charge in [-0.25, -0.2) is 0 Å². The highest BCUT2D eigenvalue weighted by Crippen LogP contribution is 2.39. The van der Waals surface area contributed by atoms with Gasteiger partial charge in [-0.2, -0.15) is 4.98 Å². The Kier molecular flexibility index (Phi) is 5.29. The highest BCUT2D eigenvalue weighted by molar-refractivity contribution is 7.99. The van der Waals surface area contributed by atoms with Crippen LogP contribution in [0.25, 0.3) is 11.3 Å². The van der Waals surface area contributed by atoms with E-state index >= 15 is 0 Å². The Hall–Kier alpha value is -2.54. The van der Waals surface area contributed by atoms with Crippen LogP contribution in [-0.2, 0) is 0 Å². The molecule has 27 heavy (non-hydrogen) atoms. The fraction of sp³-hybridized carbons (Fsp3) is 0.350. The monoisotopic (exact) mass is 382 g/mol. The van der Waals surface area contributed by atoms with Gasteiger partial charge in [0.2, 0.25) is 17.3 Å². The summed E-state index contributed by atoms with van der Waals surface area (Å²) in [5.74, 6) is 2.98. The number of aryl methyl sites for hydroxylation is 1. The molecule has 1 atom stereocenters. The smallest absolute Gasteiger partial charge is 0.247 e. The molecule has 0 unspecified atom stereocenters. The van der Waals surface area contributed by atoms with Gasteiger partial charge in [0.25, 0.3) is 0 Å². The first-order valence-corrected chi connectivity index (χ1v) is 10.2. The Labute approximate surface area is 162 Å². The third-order valence-electron chi connectivity index (χ3n) is 4.33. The standard InChI is InChI=1S/C20H22N4O2S/c1-3-4-7-12-27-20-22-19-17(23-24-20)14-8-5-6-9-15(14)21-18(26-19)16-11-10-13(2)25-16/h5-6,8-11,18,21H,3-4,7,12H2,1-2H3/t18-/m1/s1. The molecule has 7 heteroatoms. The molecule has 0 aliphatic carbocycles. The van der Waals surface area contributed by atoms with Crippen molar-refractivity contribution in [2.75, 3.05) is 11.1 Å². The van der Waals surface area contributed by atoms with Gasteiger partial charge < -0.3 is 14.5 Å². The number of rotatable bonds is 6. The number of ether oxygens (including phenoxy) is 1. The molecule has 0 saturated carbocycles. The van der Waals surface area contributed by atoms with E-state index in [9.17, 15) is 0 Å². The van der Waals surface area contributed by atoms with Gasteiger partial charge in [0.05, 0.1) is 0 Å².